The number of carbonyl (C=O) groups excluding carboxylic acids is 1. The largest absolute Gasteiger partial charge is 0.460 e. The molecule has 1 fully saturated rings. The number of para-hydroxylation sites is 1. The average Bonchev–Trinajstić information content (AvgIpc) is 2.68. The molecule has 1 saturated carbocycles. The minimum absolute atomic E-state index is 0.0132. The lowest BCUT2D eigenvalue weighted by Crippen LogP contribution is -2.40. The Kier molecular flexibility index (Phi) is 5.29. The van der Waals surface area contributed by atoms with Crippen LogP contribution in [-0.4, -0.2) is 28.0 Å². The van der Waals surface area contributed by atoms with E-state index in [1.165, 1.54) is 6.07 Å². The predicted octanol–water partition coefficient (Wildman–Crippen LogP) is 3.32. The molecule has 0 spiro atoms. The lowest BCUT2D eigenvalue weighted by atomic mass is 9.93. The summed E-state index contributed by atoms with van der Waals surface area (Å²) in [4.78, 5) is 33.4. The minimum Gasteiger partial charge on any atom is -0.460 e. The summed E-state index contributed by atoms with van der Waals surface area (Å²) in [6, 6.07) is 10.5. The third kappa shape index (κ3) is 4.45. The fourth-order valence-electron chi connectivity index (χ4n) is 3.69. The van der Waals surface area contributed by atoms with Gasteiger partial charge in [0, 0.05) is 23.5 Å². The summed E-state index contributed by atoms with van der Waals surface area (Å²) >= 11 is 0. The summed E-state index contributed by atoms with van der Waals surface area (Å²) in [5.41, 5.74) is 1.95. The van der Waals surface area contributed by atoms with E-state index in [-0.39, 0.29) is 29.2 Å². The van der Waals surface area contributed by atoms with Crippen molar-refractivity contribution >= 4 is 16.9 Å². The number of rotatable bonds is 4. The Morgan fingerprint density at radius 1 is 1.07 bits per heavy atom. The number of carbonyl (C=O) groups is 1. The molecule has 0 bridgehead atoms. The molecule has 1 N–H and O–H groups in total. The number of fused-ring (bicyclic) bond motifs is 1. The van der Waals surface area contributed by atoms with Crippen LogP contribution in [0.4, 0.5) is 0 Å². The molecular weight excluding hydrogens is 370 g/mol. The van der Waals surface area contributed by atoms with Crippen LogP contribution in [0, 0.1) is 13.8 Å². The normalized spacial score (nSPS) is 19.1. The number of benzene rings is 1. The molecule has 7 heteroatoms. The molecule has 2 aromatic heterocycles. The van der Waals surface area contributed by atoms with Gasteiger partial charge in [0.05, 0.1) is 5.39 Å². The number of nitrogens with zero attached hydrogens (tertiary/aromatic N) is 2. The highest BCUT2D eigenvalue weighted by Gasteiger charge is 2.25. The van der Waals surface area contributed by atoms with E-state index in [1.54, 1.807) is 24.3 Å². The fraction of sp³-hybridized carbons (Fsp3) is 0.364. The quantitative estimate of drug-likeness (QED) is 0.731. The van der Waals surface area contributed by atoms with Gasteiger partial charge in [-0.25, -0.2) is 9.97 Å². The molecule has 7 nitrogen and oxygen atoms in total. The maximum absolute atomic E-state index is 12.6. The third-order valence-electron chi connectivity index (χ3n) is 5.10. The van der Waals surface area contributed by atoms with Crippen molar-refractivity contribution in [3.05, 3.63) is 63.8 Å². The average molecular weight is 393 g/mol. The molecular formula is C22H23N3O4. The zero-order valence-electron chi connectivity index (χ0n) is 16.5. The highest BCUT2D eigenvalue weighted by atomic mass is 16.5. The van der Waals surface area contributed by atoms with Gasteiger partial charge in [0.15, 0.2) is 11.2 Å². The van der Waals surface area contributed by atoms with Crippen LogP contribution < -0.4 is 15.5 Å². The second kappa shape index (κ2) is 8.03. The second-order valence-electron chi connectivity index (χ2n) is 7.47. The zero-order chi connectivity index (χ0) is 20.4. The van der Waals surface area contributed by atoms with Crippen LogP contribution in [0.3, 0.4) is 0 Å². The maximum atomic E-state index is 12.6. The summed E-state index contributed by atoms with van der Waals surface area (Å²) in [7, 11) is 0. The van der Waals surface area contributed by atoms with Crippen LogP contribution in [0.25, 0.3) is 11.0 Å². The third-order valence-corrected chi connectivity index (χ3v) is 5.10. The Hall–Kier alpha value is -3.22. The highest BCUT2D eigenvalue weighted by Crippen LogP contribution is 2.23. The van der Waals surface area contributed by atoms with Crippen LogP contribution in [0.5, 0.6) is 6.01 Å². The molecule has 1 amide bonds. The van der Waals surface area contributed by atoms with Gasteiger partial charge >= 0.3 is 6.01 Å². The van der Waals surface area contributed by atoms with E-state index < -0.39 is 0 Å². The molecule has 150 valence electrons. The molecule has 0 unspecified atom stereocenters. The van der Waals surface area contributed by atoms with Crippen molar-refractivity contribution in [2.24, 2.45) is 0 Å². The van der Waals surface area contributed by atoms with Gasteiger partial charge in [-0.3, -0.25) is 9.59 Å². The fourth-order valence-corrected chi connectivity index (χ4v) is 3.69. The van der Waals surface area contributed by atoms with Gasteiger partial charge in [0.2, 0.25) is 0 Å². The lowest BCUT2D eigenvalue weighted by molar-refractivity contribution is 0.0859. The molecule has 0 saturated heterocycles. The summed E-state index contributed by atoms with van der Waals surface area (Å²) in [5, 5.41) is 3.44. The highest BCUT2D eigenvalue weighted by molar-refractivity contribution is 5.93. The van der Waals surface area contributed by atoms with Crippen molar-refractivity contribution in [2.45, 2.75) is 51.7 Å². The lowest BCUT2D eigenvalue weighted by Gasteiger charge is -2.28. The van der Waals surface area contributed by atoms with E-state index in [0.29, 0.717) is 17.0 Å². The first-order chi connectivity index (χ1) is 14.0. The maximum Gasteiger partial charge on any atom is 0.317 e. The Bertz CT molecular complexity index is 1080. The Morgan fingerprint density at radius 3 is 2.48 bits per heavy atom. The number of hydrogen-bond donors (Lipinski definition) is 1. The first-order valence-corrected chi connectivity index (χ1v) is 9.80. The first kappa shape index (κ1) is 19.1. The van der Waals surface area contributed by atoms with Gasteiger partial charge in [-0.05, 0) is 57.7 Å². The second-order valence-corrected chi connectivity index (χ2v) is 7.47. The Balaban J connectivity index is 1.36. The van der Waals surface area contributed by atoms with Gasteiger partial charge < -0.3 is 14.5 Å². The van der Waals surface area contributed by atoms with Crippen molar-refractivity contribution in [2.75, 3.05) is 0 Å². The van der Waals surface area contributed by atoms with Crippen LogP contribution in [0.15, 0.2) is 45.6 Å². The number of amides is 1. The van der Waals surface area contributed by atoms with Gasteiger partial charge in [-0.15, -0.1) is 0 Å². The molecule has 0 aliphatic heterocycles. The molecule has 0 atom stereocenters. The van der Waals surface area contributed by atoms with E-state index in [0.717, 1.165) is 37.1 Å². The van der Waals surface area contributed by atoms with E-state index in [1.807, 2.05) is 19.9 Å². The Morgan fingerprint density at radius 2 is 1.76 bits per heavy atom. The van der Waals surface area contributed by atoms with Gasteiger partial charge in [-0.2, -0.15) is 0 Å². The molecule has 2 heterocycles. The number of aromatic nitrogens is 2. The predicted molar refractivity (Wildman–Crippen MR) is 108 cm³/mol. The molecule has 29 heavy (non-hydrogen) atoms. The van der Waals surface area contributed by atoms with Gasteiger partial charge in [0.25, 0.3) is 5.91 Å². The number of ether oxygens (including phenoxy) is 1. The minimum atomic E-state index is -0.366. The van der Waals surface area contributed by atoms with Crippen molar-refractivity contribution in [3.63, 3.8) is 0 Å². The van der Waals surface area contributed by atoms with Crippen LogP contribution in [-0.2, 0) is 0 Å². The molecule has 3 aromatic rings. The van der Waals surface area contributed by atoms with Crippen molar-refractivity contribution in [1.82, 2.24) is 15.3 Å². The summed E-state index contributed by atoms with van der Waals surface area (Å²) < 4.78 is 11.5. The summed E-state index contributed by atoms with van der Waals surface area (Å²) in [6.07, 6.45) is 3.17. The zero-order valence-corrected chi connectivity index (χ0v) is 16.5. The van der Waals surface area contributed by atoms with Crippen LogP contribution in [0.1, 0.15) is 47.6 Å². The molecule has 1 aromatic carbocycles. The molecule has 4 rings (SSSR count). The number of aryl methyl sites for hydroxylation is 2. The van der Waals surface area contributed by atoms with Crippen LogP contribution in [0.2, 0.25) is 0 Å². The summed E-state index contributed by atoms with van der Waals surface area (Å²) in [6.45, 7) is 3.83. The molecule has 1 aliphatic rings. The van der Waals surface area contributed by atoms with Crippen molar-refractivity contribution < 1.29 is 13.9 Å². The number of hydrogen-bond acceptors (Lipinski definition) is 6. The van der Waals surface area contributed by atoms with E-state index in [2.05, 4.69) is 15.3 Å². The topological polar surface area (TPSA) is 94.3 Å². The van der Waals surface area contributed by atoms with Crippen molar-refractivity contribution in [1.29, 1.82) is 0 Å². The molecule has 0 radical (unpaired) electrons. The SMILES string of the molecule is Cc1cc(C)nc(OC2CCC(NC(=O)c3cc(=O)c4ccccc4o3)CC2)n1. The summed E-state index contributed by atoms with van der Waals surface area (Å²) in [5.74, 6) is -0.328. The van der Waals surface area contributed by atoms with Crippen LogP contribution >= 0.6 is 0 Å². The Labute approximate surface area is 168 Å². The van der Waals surface area contributed by atoms with Gasteiger partial charge in [-0.1, -0.05) is 12.1 Å². The van der Waals surface area contributed by atoms with E-state index in [9.17, 15) is 9.59 Å². The monoisotopic (exact) mass is 393 g/mol. The molecule has 1 aliphatic carbocycles. The van der Waals surface area contributed by atoms with Crippen molar-refractivity contribution in [3.8, 4) is 6.01 Å². The first-order valence-electron chi connectivity index (χ1n) is 9.80. The van der Waals surface area contributed by atoms with E-state index >= 15 is 0 Å². The number of nitrogens with one attached hydrogen (secondary N) is 1. The van der Waals surface area contributed by atoms with Gasteiger partial charge in [0.1, 0.15) is 11.7 Å². The standard InChI is InChI=1S/C22H23N3O4/c1-13-11-14(2)24-22(23-13)28-16-9-7-15(8-10-16)25-21(27)20-12-18(26)17-5-3-4-6-19(17)29-20/h3-6,11-12,15-16H,7-10H2,1-2H3,(H,25,27). The smallest absolute Gasteiger partial charge is 0.317 e. The van der Waals surface area contributed by atoms with E-state index in [4.69, 9.17) is 9.15 Å².